The highest BCUT2D eigenvalue weighted by Crippen LogP contribution is 1.97. The van der Waals surface area contributed by atoms with Crippen LogP contribution < -0.4 is 0 Å². The minimum atomic E-state index is -1.11. The van der Waals surface area contributed by atoms with Gasteiger partial charge < -0.3 is 5.11 Å². The van der Waals surface area contributed by atoms with Gasteiger partial charge in [0.05, 0.1) is 0 Å². The van der Waals surface area contributed by atoms with Crippen molar-refractivity contribution in [3.63, 3.8) is 0 Å². The maximum Gasteiger partial charge on any atom is 0.311 e. The van der Waals surface area contributed by atoms with E-state index in [9.17, 15) is 9.59 Å². The zero-order chi connectivity index (χ0) is 13.3. The number of carboxylic acids is 1. The van der Waals surface area contributed by atoms with Crippen LogP contribution in [0, 0.1) is 0 Å². The summed E-state index contributed by atoms with van der Waals surface area (Å²) in [5.74, 6) is -1.52. The van der Waals surface area contributed by atoms with Gasteiger partial charge in [0, 0.05) is 0 Å². The number of carboxylic acid groups (broad SMARTS) is 1. The van der Waals surface area contributed by atoms with Gasteiger partial charge in [-0.25, -0.2) is 0 Å². The second-order valence-corrected chi connectivity index (χ2v) is 3.39. The molecule has 1 rings (SSSR count). The van der Waals surface area contributed by atoms with Crippen LogP contribution in [0.15, 0.2) is 49.1 Å². The van der Waals surface area contributed by atoms with Gasteiger partial charge >= 0.3 is 5.97 Å². The molecule has 0 heterocycles. The van der Waals surface area contributed by atoms with Crippen molar-refractivity contribution < 1.29 is 14.7 Å². The fourth-order valence-corrected chi connectivity index (χ4v) is 0.877. The molecule has 0 aliphatic carbocycles. The van der Waals surface area contributed by atoms with Crippen LogP contribution in [0.4, 0.5) is 0 Å². The van der Waals surface area contributed by atoms with E-state index in [4.69, 9.17) is 5.11 Å². The topological polar surface area (TPSA) is 54.4 Å². The largest absolute Gasteiger partial charge is 0.481 e. The van der Waals surface area contributed by atoms with Crippen molar-refractivity contribution in [3.8, 4) is 0 Å². The Kier molecular flexibility index (Phi) is 7.02. The summed E-state index contributed by atoms with van der Waals surface area (Å²) >= 11 is 0. The normalized spacial score (nSPS) is 8.53. The minimum absolute atomic E-state index is 0.289. The molecule has 3 heteroatoms. The van der Waals surface area contributed by atoms with Gasteiger partial charge in [0.25, 0.3) is 0 Å². The van der Waals surface area contributed by atoms with E-state index in [1.165, 1.54) is 12.5 Å². The van der Waals surface area contributed by atoms with Crippen LogP contribution in [0.5, 0.6) is 0 Å². The van der Waals surface area contributed by atoms with Gasteiger partial charge in [0.15, 0.2) is 5.78 Å². The molecular weight excluding hydrogens is 216 g/mol. The lowest BCUT2D eigenvalue weighted by molar-refractivity contribution is -0.139. The van der Waals surface area contributed by atoms with E-state index in [2.05, 4.69) is 13.2 Å². The third-order valence-electron chi connectivity index (χ3n) is 1.82. The lowest BCUT2D eigenvalue weighted by atomic mass is 10.2. The van der Waals surface area contributed by atoms with Crippen molar-refractivity contribution in [1.29, 1.82) is 0 Å². The van der Waals surface area contributed by atoms with Crippen molar-refractivity contribution in [2.45, 2.75) is 13.3 Å². The summed E-state index contributed by atoms with van der Waals surface area (Å²) in [6, 6.07) is 10.0. The van der Waals surface area contributed by atoms with Crippen molar-refractivity contribution in [2.24, 2.45) is 0 Å². The molecule has 3 nitrogen and oxygen atoms in total. The summed E-state index contributed by atoms with van der Waals surface area (Å²) in [6.45, 7) is 8.42. The molecule has 90 valence electrons. The van der Waals surface area contributed by atoms with E-state index >= 15 is 0 Å². The molecule has 0 aromatic heterocycles. The lowest BCUT2D eigenvalue weighted by Gasteiger charge is -1.91. The Labute approximate surface area is 101 Å². The van der Waals surface area contributed by atoms with E-state index < -0.39 is 18.2 Å². The summed E-state index contributed by atoms with van der Waals surface area (Å²) in [6.07, 6.45) is 1.38. The van der Waals surface area contributed by atoms with E-state index in [1.807, 2.05) is 36.4 Å². The molecule has 0 unspecified atom stereocenters. The summed E-state index contributed by atoms with van der Waals surface area (Å²) in [7, 11) is 0. The first-order chi connectivity index (χ1) is 7.97. The molecule has 0 radical (unpaired) electrons. The van der Waals surface area contributed by atoms with Gasteiger partial charge in [-0.3, -0.25) is 9.59 Å². The minimum Gasteiger partial charge on any atom is -0.481 e. The zero-order valence-electron chi connectivity index (χ0n) is 9.85. The number of Topliss-reactive ketones (excluding diaryl/α,β-unsaturated/α-hetero) is 1. The van der Waals surface area contributed by atoms with Gasteiger partial charge in [-0.05, 0) is 18.1 Å². The number of hydrogen-bond donors (Lipinski definition) is 1. The van der Waals surface area contributed by atoms with E-state index in [0.717, 1.165) is 0 Å². The molecule has 1 aromatic carbocycles. The Bertz CT molecular complexity index is 405. The number of ketones is 1. The number of carbonyl (C=O) groups excluding carboxylic acids is 1. The molecule has 17 heavy (non-hydrogen) atoms. The zero-order valence-corrected chi connectivity index (χ0v) is 9.85. The van der Waals surface area contributed by atoms with Gasteiger partial charge in [-0.15, -0.1) is 0 Å². The highest BCUT2D eigenvalue weighted by Gasteiger charge is 2.06. The predicted molar refractivity (Wildman–Crippen MR) is 68.6 cm³/mol. The summed E-state index contributed by atoms with van der Waals surface area (Å²) in [5.41, 5.74) is 1.46. The smallest absolute Gasteiger partial charge is 0.311 e. The van der Waals surface area contributed by atoms with Crippen molar-refractivity contribution in [2.75, 3.05) is 0 Å². The predicted octanol–water partition coefficient (Wildman–Crippen LogP) is 2.94. The molecule has 0 fully saturated rings. The first-order valence-corrected chi connectivity index (χ1v) is 5.05. The van der Waals surface area contributed by atoms with E-state index in [0.29, 0.717) is 0 Å². The van der Waals surface area contributed by atoms with Crippen LogP contribution >= 0.6 is 0 Å². The molecule has 0 aliphatic heterocycles. The maximum absolute atomic E-state index is 10.5. The Hall–Kier alpha value is -2.16. The molecule has 1 N–H and O–H groups in total. The fraction of sp³-hybridized carbons (Fsp3) is 0.143. The highest BCUT2D eigenvalue weighted by atomic mass is 16.4. The molecule has 0 amide bonds. The van der Waals surface area contributed by atoms with Crippen molar-refractivity contribution in [1.82, 2.24) is 0 Å². The molecule has 0 saturated heterocycles. The molecule has 0 bridgehead atoms. The van der Waals surface area contributed by atoms with Crippen LogP contribution in [0.2, 0.25) is 0 Å². The second kappa shape index (κ2) is 8.05. The number of carbonyl (C=O) groups is 2. The average molecular weight is 232 g/mol. The van der Waals surface area contributed by atoms with E-state index in [1.54, 1.807) is 0 Å². The highest BCUT2D eigenvalue weighted by molar-refractivity contribution is 6.04. The molecule has 0 spiro atoms. The van der Waals surface area contributed by atoms with Crippen LogP contribution in [-0.4, -0.2) is 16.9 Å². The monoisotopic (exact) mass is 232 g/mol. The fourth-order valence-electron chi connectivity index (χ4n) is 0.877. The Morgan fingerprint density at radius 3 is 2.06 bits per heavy atom. The molecule has 1 aromatic rings. The number of aliphatic carboxylic acids is 1. The molecular formula is C14H16O3. The van der Waals surface area contributed by atoms with Gasteiger partial charge in [0.1, 0.15) is 6.42 Å². The summed E-state index contributed by atoms with van der Waals surface area (Å²) < 4.78 is 0. The lowest BCUT2D eigenvalue weighted by Crippen LogP contribution is -2.06. The van der Waals surface area contributed by atoms with Crippen LogP contribution in [-0.2, 0) is 9.59 Å². The van der Waals surface area contributed by atoms with Gasteiger partial charge in [-0.2, -0.15) is 0 Å². The molecule has 0 aliphatic rings. The third kappa shape index (κ3) is 7.73. The second-order valence-electron chi connectivity index (χ2n) is 3.39. The van der Waals surface area contributed by atoms with Crippen LogP contribution in [0.3, 0.4) is 0 Å². The average Bonchev–Trinajstić information content (AvgIpc) is 2.30. The van der Waals surface area contributed by atoms with Gasteiger partial charge in [-0.1, -0.05) is 49.6 Å². The van der Waals surface area contributed by atoms with Gasteiger partial charge in [0.2, 0.25) is 0 Å². The Morgan fingerprint density at radius 1 is 1.29 bits per heavy atom. The summed E-state index contributed by atoms with van der Waals surface area (Å²) in [5, 5.41) is 8.07. The quantitative estimate of drug-likeness (QED) is 0.641. The van der Waals surface area contributed by atoms with Crippen LogP contribution in [0.25, 0.3) is 6.08 Å². The standard InChI is InChI=1S/C8H8.C6H8O3/c1-2-8-6-4-3-5-7-8;1-4(2)5(7)3-6(8)9/h2-7H,1H2;1,3H2,2H3,(H,8,9). The number of rotatable bonds is 4. The van der Waals surface area contributed by atoms with E-state index in [-0.39, 0.29) is 5.57 Å². The van der Waals surface area contributed by atoms with Crippen molar-refractivity contribution >= 4 is 17.8 Å². The number of benzene rings is 1. The number of allylic oxidation sites excluding steroid dienone is 1. The third-order valence-corrected chi connectivity index (χ3v) is 1.82. The summed E-state index contributed by atoms with van der Waals surface area (Å²) in [4.78, 5) is 20.3. The first-order valence-electron chi connectivity index (χ1n) is 5.05. The maximum atomic E-state index is 10.5. The molecule has 0 saturated carbocycles. The van der Waals surface area contributed by atoms with Crippen LogP contribution in [0.1, 0.15) is 18.9 Å². The molecule has 0 atom stereocenters. The number of hydrogen-bond acceptors (Lipinski definition) is 2. The van der Waals surface area contributed by atoms with Crippen molar-refractivity contribution in [3.05, 3.63) is 54.6 Å². The Balaban J connectivity index is 0.000000302. The Morgan fingerprint density at radius 2 is 1.82 bits per heavy atom. The SMILES string of the molecule is C=C(C)C(=O)CC(=O)O.C=Cc1ccccc1. The first kappa shape index (κ1) is 14.8.